The molecule has 0 saturated carbocycles. The number of hydrogen-bond acceptors (Lipinski definition) is 3. The molecule has 3 atom stereocenters. The topological polar surface area (TPSA) is 61.8 Å². The second-order valence-electron chi connectivity index (χ2n) is 3.60. The van der Waals surface area contributed by atoms with Crippen molar-refractivity contribution in [2.24, 2.45) is 5.92 Å². The van der Waals surface area contributed by atoms with Crippen LogP contribution in [0, 0.1) is 5.92 Å². The van der Waals surface area contributed by atoms with E-state index in [1.807, 2.05) is 0 Å². The van der Waals surface area contributed by atoms with Gasteiger partial charge in [-0.1, -0.05) is 0 Å². The Morgan fingerprint density at radius 2 is 2.38 bits per heavy atom. The third-order valence-corrected chi connectivity index (χ3v) is 2.97. The van der Waals surface area contributed by atoms with Crippen LogP contribution in [0.3, 0.4) is 0 Å². The zero-order valence-corrected chi connectivity index (χ0v) is 7.56. The Kier molecular flexibility index (Phi) is 2.13. The van der Waals surface area contributed by atoms with Gasteiger partial charge in [0, 0.05) is 20.2 Å². The fourth-order valence-electron chi connectivity index (χ4n) is 2.35. The van der Waals surface area contributed by atoms with Crippen LogP contribution in [0.1, 0.15) is 6.42 Å². The molecule has 2 aliphatic rings. The summed E-state index contributed by atoms with van der Waals surface area (Å²) in [6, 6.07) is 0.113. The number of carboxylic acid groups (broad SMARTS) is 1. The number of methoxy groups -OCH3 is 1. The van der Waals surface area contributed by atoms with Crippen LogP contribution in [-0.4, -0.2) is 48.6 Å². The summed E-state index contributed by atoms with van der Waals surface area (Å²) in [4.78, 5) is 12.4. The highest BCUT2D eigenvalue weighted by Gasteiger charge is 2.46. The minimum atomic E-state index is -0.872. The average molecular weight is 186 g/mol. The first-order chi connectivity index (χ1) is 6.24. The number of likely N-dealkylation sites (tertiary alicyclic amines) is 1. The molecule has 0 aromatic heterocycles. The van der Waals surface area contributed by atoms with E-state index in [0.717, 1.165) is 19.5 Å². The summed E-state index contributed by atoms with van der Waals surface area (Å²) < 4.78 is 5.14. The van der Waals surface area contributed by atoms with Crippen LogP contribution in [-0.2, 0) is 4.74 Å². The van der Waals surface area contributed by atoms with Gasteiger partial charge < -0.3 is 15.2 Å². The van der Waals surface area contributed by atoms with Crippen LogP contribution in [0.15, 0.2) is 0 Å². The summed E-state index contributed by atoms with van der Waals surface area (Å²) in [6.45, 7) is 1.67. The van der Waals surface area contributed by atoms with E-state index in [-0.39, 0.29) is 12.3 Å². The van der Waals surface area contributed by atoms with Crippen molar-refractivity contribution in [2.45, 2.75) is 18.7 Å². The molecule has 3 unspecified atom stereocenters. The van der Waals surface area contributed by atoms with E-state index in [2.05, 4.69) is 5.32 Å². The number of fused-ring (bicyclic) bond motifs is 1. The first-order valence-corrected chi connectivity index (χ1v) is 4.49. The maximum absolute atomic E-state index is 10.9. The van der Waals surface area contributed by atoms with Crippen molar-refractivity contribution in [3.63, 3.8) is 0 Å². The molecule has 0 spiro atoms. The van der Waals surface area contributed by atoms with Gasteiger partial charge in [0.2, 0.25) is 0 Å². The summed E-state index contributed by atoms with van der Waals surface area (Å²) in [5.74, 6) is 0.432. The lowest BCUT2D eigenvalue weighted by molar-refractivity contribution is -0.00853. The van der Waals surface area contributed by atoms with E-state index in [9.17, 15) is 4.79 Å². The molecule has 1 amide bonds. The van der Waals surface area contributed by atoms with Crippen LogP contribution in [0.2, 0.25) is 0 Å². The second kappa shape index (κ2) is 3.16. The second-order valence-corrected chi connectivity index (χ2v) is 3.60. The number of rotatable bonds is 1. The maximum Gasteiger partial charge on any atom is 0.409 e. The fraction of sp³-hybridized carbons (Fsp3) is 0.875. The van der Waals surface area contributed by atoms with Crippen LogP contribution >= 0.6 is 0 Å². The molecular weight excluding hydrogens is 172 g/mol. The standard InChI is InChI=1S/C8H14N2O3/c1-13-7-2-5-3-9-4-6(5)10(7)8(11)12/h5-7,9H,2-4H2,1H3,(H,11,12). The number of ether oxygens (including phenoxy) is 1. The molecule has 2 N–H and O–H groups in total. The third kappa shape index (κ3) is 1.28. The summed E-state index contributed by atoms with van der Waals surface area (Å²) in [5, 5.41) is 12.2. The van der Waals surface area contributed by atoms with Gasteiger partial charge in [-0.15, -0.1) is 0 Å². The molecule has 0 aromatic rings. The lowest BCUT2D eigenvalue weighted by atomic mass is 10.1. The molecule has 5 heteroatoms. The Morgan fingerprint density at radius 1 is 1.62 bits per heavy atom. The van der Waals surface area contributed by atoms with Gasteiger partial charge in [-0.05, 0) is 12.3 Å². The molecular formula is C8H14N2O3. The Labute approximate surface area is 76.7 Å². The molecule has 2 heterocycles. The first-order valence-electron chi connectivity index (χ1n) is 4.49. The number of nitrogens with one attached hydrogen (secondary N) is 1. The molecule has 0 aromatic carbocycles. The largest absolute Gasteiger partial charge is 0.465 e. The lowest BCUT2D eigenvalue weighted by Gasteiger charge is -2.25. The lowest BCUT2D eigenvalue weighted by Crippen LogP contribution is -2.43. The predicted octanol–water partition coefficient (Wildman–Crippen LogP) is -0.0694. The Hall–Kier alpha value is -0.810. The number of hydrogen-bond donors (Lipinski definition) is 2. The smallest absolute Gasteiger partial charge is 0.409 e. The van der Waals surface area contributed by atoms with E-state index in [1.54, 1.807) is 7.11 Å². The molecule has 0 bridgehead atoms. The van der Waals surface area contributed by atoms with Gasteiger partial charge in [-0.2, -0.15) is 0 Å². The van der Waals surface area contributed by atoms with Crippen LogP contribution in [0.25, 0.3) is 0 Å². The van der Waals surface area contributed by atoms with E-state index >= 15 is 0 Å². The van der Waals surface area contributed by atoms with Crippen molar-refractivity contribution in [3.05, 3.63) is 0 Å². The monoisotopic (exact) mass is 186 g/mol. The van der Waals surface area contributed by atoms with Crippen molar-refractivity contribution in [2.75, 3.05) is 20.2 Å². The van der Waals surface area contributed by atoms with Gasteiger partial charge in [0.25, 0.3) is 0 Å². The van der Waals surface area contributed by atoms with E-state index in [4.69, 9.17) is 9.84 Å². The molecule has 0 aliphatic carbocycles. The van der Waals surface area contributed by atoms with Crippen LogP contribution in [0.4, 0.5) is 4.79 Å². The predicted molar refractivity (Wildman–Crippen MR) is 45.4 cm³/mol. The summed E-state index contributed by atoms with van der Waals surface area (Å²) in [5.41, 5.74) is 0. The zero-order chi connectivity index (χ0) is 9.42. The third-order valence-electron chi connectivity index (χ3n) is 2.97. The summed E-state index contributed by atoms with van der Waals surface area (Å²) in [6.07, 6.45) is -0.293. The zero-order valence-electron chi connectivity index (χ0n) is 7.56. The average Bonchev–Trinajstić information content (AvgIpc) is 2.59. The van der Waals surface area contributed by atoms with Crippen molar-refractivity contribution in [3.8, 4) is 0 Å². The van der Waals surface area contributed by atoms with E-state index < -0.39 is 6.09 Å². The Morgan fingerprint density at radius 3 is 3.00 bits per heavy atom. The van der Waals surface area contributed by atoms with E-state index in [0.29, 0.717) is 5.92 Å². The van der Waals surface area contributed by atoms with Crippen LogP contribution < -0.4 is 5.32 Å². The van der Waals surface area contributed by atoms with Crippen molar-refractivity contribution >= 4 is 6.09 Å². The summed E-state index contributed by atoms with van der Waals surface area (Å²) >= 11 is 0. The van der Waals surface area contributed by atoms with Gasteiger partial charge >= 0.3 is 6.09 Å². The molecule has 2 aliphatic heterocycles. The minimum absolute atomic E-state index is 0.113. The molecule has 2 fully saturated rings. The minimum Gasteiger partial charge on any atom is -0.465 e. The van der Waals surface area contributed by atoms with Crippen LogP contribution in [0.5, 0.6) is 0 Å². The summed E-state index contributed by atoms with van der Waals surface area (Å²) in [7, 11) is 1.56. The first kappa shape index (κ1) is 8.77. The molecule has 0 radical (unpaired) electrons. The van der Waals surface area contributed by atoms with E-state index in [1.165, 1.54) is 4.90 Å². The highest BCUT2D eigenvalue weighted by molar-refractivity contribution is 5.66. The van der Waals surface area contributed by atoms with Crippen molar-refractivity contribution in [1.29, 1.82) is 0 Å². The highest BCUT2D eigenvalue weighted by atomic mass is 16.5. The van der Waals surface area contributed by atoms with Gasteiger partial charge in [0.1, 0.15) is 6.23 Å². The van der Waals surface area contributed by atoms with Gasteiger partial charge in [0.15, 0.2) is 0 Å². The quantitative estimate of drug-likeness (QED) is 0.601. The molecule has 13 heavy (non-hydrogen) atoms. The maximum atomic E-state index is 10.9. The van der Waals surface area contributed by atoms with Gasteiger partial charge in [0.05, 0.1) is 6.04 Å². The Bertz CT molecular complexity index is 221. The van der Waals surface area contributed by atoms with Gasteiger partial charge in [-0.25, -0.2) is 4.79 Å². The number of nitrogens with zero attached hydrogens (tertiary/aromatic N) is 1. The number of carbonyl (C=O) groups is 1. The SMILES string of the molecule is COC1CC2CNCC2N1C(=O)O. The molecule has 74 valence electrons. The highest BCUT2D eigenvalue weighted by Crippen LogP contribution is 2.32. The fourth-order valence-corrected chi connectivity index (χ4v) is 2.35. The van der Waals surface area contributed by atoms with Crippen molar-refractivity contribution in [1.82, 2.24) is 10.2 Å². The molecule has 5 nitrogen and oxygen atoms in total. The van der Waals surface area contributed by atoms with Gasteiger partial charge in [-0.3, -0.25) is 4.90 Å². The normalized spacial score (nSPS) is 37.9. The van der Waals surface area contributed by atoms with Crippen molar-refractivity contribution < 1.29 is 14.6 Å². The molecule has 2 saturated heterocycles. The number of amides is 1. The molecule has 2 rings (SSSR count). The Balaban J connectivity index is 2.14.